The van der Waals surface area contributed by atoms with Gasteiger partial charge in [0.1, 0.15) is 0 Å². The second-order valence-corrected chi connectivity index (χ2v) is 6.22. The number of nitrogens with one attached hydrogen (secondary N) is 1. The Morgan fingerprint density at radius 2 is 1.55 bits per heavy atom. The van der Waals surface area contributed by atoms with Gasteiger partial charge in [0.05, 0.1) is 6.04 Å². The van der Waals surface area contributed by atoms with Gasteiger partial charge in [-0.2, -0.15) is 0 Å². The van der Waals surface area contributed by atoms with Crippen molar-refractivity contribution in [3.05, 3.63) is 35.4 Å². The number of benzene rings is 1. The maximum atomic E-state index is 11.9. The Labute approximate surface area is 122 Å². The Kier molecular flexibility index (Phi) is 6.21. The average molecular weight is 276 g/mol. The Morgan fingerprint density at radius 3 is 2.00 bits per heavy atom. The first-order valence-corrected chi connectivity index (χ1v) is 7.46. The van der Waals surface area contributed by atoms with Crippen molar-refractivity contribution in [2.75, 3.05) is 0 Å². The molecule has 0 aliphatic rings. The van der Waals surface area contributed by atoms with Crippen LogP contribution in [0.3, 0.4) is 0 Å². The van der Waals surface area contributed by atoms with Crippen LogP contribution in [0.4, 0.5) is 0 Å². The largest absolute Gasteiger partial charge is 0.350 e. The molecule has 0 spiro atoms. The lowest BCUT2D eigenvalue weighted by molar-refractivity contribution is -0.122. The molecule has 0 saturated heterocycles. The number of hydrogen-bond donors (Lipinski definition) is 2. The minimum atomic E-state index is -0.0782. The SMILES string of the molecule is CC(C)c1ccc(C(C)NC(=O)CC(N)C(C)C)cc1. The van der Waals surface area contributed by atoms with Crippen LogP contribution in [0.5, 0.6) is 0 Å². The van der Waals surface area contributed by atoms with E-state index in [1.54, 1.807) is 0 Å². The van der Waals surface area contributed by atoms with Gasteiger partial charge in [-0.15, -0.1) is 0 Å². The quantitative estimate of drug-likeness (QED) is 0.837. The van der Waals surface area contributed by atoms with Crippen molar-refractivity contribution in [1.82, 2.24) is 5.32 Å². The lowest BCUT2D eigenvalue weighted by Crippen LogP contribution is -2.35. The fraction of sp³-hybridized carbons (Fsp3) is 0.588. The molecule has 1 aromatic rings. The summed E-state index contributed by atoms with van der Waals surface area (Å²) >= 11 is 0. The summed E-state index contributed by atoms with van der Waals surface area (Å²) < 4.78 is 0. The van der Waals surface area contributed by atoms with Crippen LogP contribution in [0.1, 0.15) is 64.1 Å². The number of rotatable bonds is 6. The fourth-order valence-corrected chi connectivity index (χ4v) is 2.00. The molecule has 0 fully saturated rings. The topological polar surface area (TPSA) is 55.1 Å². The molecule has 3 heteroatoms. The third-order valence-electron chi connectivity index (χ3n) is 3.76. The molecule has 1 rings (SSSR count). The second kappa shape index (κ2) is 7.44. The predicted molar refractivity (Wildman–Crippen MR) is 84.5 cm³/mol. The summed E-state index contributed by atoms with van der Waals surface area (Å²) in [4.78, 5) is 11.9. The highest BCUT2D eigenvalue weighted by atomic mass is 16.1. The molecule has 112 valence electrons. The van der Waals surface area contributed by atoms with Crippen molar-refractivity contribution < 1.29 is 4.79 Å². The highest BCUT2D eigenvalue weighted by Crippen LogP contribution is 2.18. The van der Waals surface area contributed by atoms with E-state index in [1.165, 1.54) is 5.56 Å². The van der Waals surface area contributed by atoms with Gasteiger partial charge in [-0.3, -0.25) is 4.79 Å². The molecule has 0 aliphatic carbocycles. The number of hydrogen-bond acceptors (Lipinski definition) is 2. The summed E-state index contributed by atoms with van der Waals surface area (Å²) in [6, 6.07) is 8.37. The molecule has 20 heavy (non-hydrogen) atoms. The summed E-state index contributed by atoms with van der Waals surface area (Å²) in [7, 11) is 0. The summed E-state index contributed by atoms with van der Waals surface area (Å²) in [6.07, 6.45) is 0.381. The Balaban J connectivity index is 2.57. The van der Waals surface area contributed by atoms with Crippen molar-refractivity contribution in [3.8, 4) is 0 Å². The minimum Gasteiger partial charge on any atom is -0.350 e. The molecule has 0 heterocycles. The smallest absolute Gasteiger partial charge is 0.222 e. The van der Waals surface area contributed by atoms with Gasteiger partial charge in [-0.25, -0.2) is 0 Å². The van der Waals surface area contributed by atoms with E-state index in [0.29, 0.717) is 18.3 Å². The van der Waals surface area contributed by atoms with Crippen molar-refractivity contribution >= 4 is 5.91 Å². The summed E-state index contributed by atoms with van der Waals surface area (Å²) in [5.41, 5.74) is 8.36. The highest BCUT2D eigenvalue weighted by molar-refractivity contribution is 5.77. The van der Waals surface area contributed by atoms with Crippen molar-refractivity contribution in [2.45, 2.75) is 59.0 Å². The first-order valence-electron chi connectivity index (χ1n) is 7.46. The van der Waals surface area contributed by atoms with Gasteiger partial charge in [0.25, 0.3) is 0 Å². The standard InChI is InChI=1S/C17H28N2O/c1-11(2)14-6-8-15(9-7-14)13(5)19-17(20)10-16(18)12(3)4/h6-9,11-13,16H,10,18H2,1-5H3,(H,19,20). The van der Waals surface area contributed by atoms with E-state index in [9.17, 15) is 4.79 Å². The molecule has 0 radical (unpaired) electrons. The molecule has 2 unspecified atom stereocenters. The molecule has 1 amide bonds. The van der Waals surface area contributed by atoms with Crippen molar-refractivity contribution in [1.29, 1.82) is 0 Å². The monoisotopic (exact) mass is 276 g/mol. The lowest BCUT2D eigenvalue weighted by Gasteiger charge is -2.19. The second-order valence-electron chi connectivity index (χ2n) is 6.22. The highest BCUT2D eigenvalue weighted by Gasteiger charge is 2.15. The maximum Gasteiger partial charge on any atom is 0.222 e. The molecule has 3 nitrogen and oxygen atoms in total. The Hall–Kier alpha value is -1.35. The molecule has 0 saturated carbocycles. The molecule has 2 atom stereocenters. The molecular weight excluding hydrogens is 248 g/mol. The van der Waals surface area contributed by atoms with Crippen molar-refractivity contribution in [3.63, 3.8) is 0 Å². The number of carbonyl (C=O) groups is 1. The van der Waals surface area contributed by atoms with Crippen LogP contribution >= 0.6 is 0 Å². The molecular formula is C17H28N2O. The summed E-state index contributed by atoms with van der Waals surface area (Å²) in [6.45, 7) is 10.4. The van der Waals surface area contributed by atoms with Gasteiger partial charge < -0.3 is 11.1 Å². The maximum absolute atomic E-state index is 11.9. The zero-order chi connectivity index (χ0) is 15.3. The van der Waals surface area contributed by atoms with Gasteiger partial charge in [-0.1, -0.05) is 52.0 Å². The first kappa shape index (κ1) is 16.7. The third-order valence-corrected chi connectivity index (χ3v) is 3.76. The number of nitrogens with two attached hydrogens (primary N) is 1. The summed E-state index contributed by atoms with van der Waals surface area (Å²) in [5.74, 6) is 0.867. The molecule has 0 bridgehead atoms. The van der Waals surface area contributed by atoms with Gasteiger partial charge >= 0.3 is 0 Å². The zero-order valence-electron chi connectivity index (χ0n) is 13.3. The van der Waals surface area contributed by atoms with Crippen LogP contribution in [0, 0.1) is 5.92 Å². The number of carbonyl (C=O) groups excluding carboxylic acids is 1. The van der Waals surface area contributed by atoms with E-state index < -0.39 is 0 Å². The van der Waals surface area contributed by atoms with Gasteiger partial charge in [0.2, 0.25) is 5.91 Å². The first-order chi connectivity index (χ1) is 9.31. The van der Waals surface area contributed by atoms with E-state index in [4.69, 9.17) is 5.73 Å². The van der Waals surface area contributed by atoms with Crippen LogP contribution in [-0.4, -0.2) is 11.9 Å². The van der Waals surface area contributed by atoms with E-state index >= 15 is 0 Å². The van der Waals surface area contributed by atoms with Crippen LogP contribution in [-0.2, 0) is 4.79 Å². The zero-order valence-corrected chi connectivity index (χ0v) is 13.3. The van der Waals surface area contributed by atoms with Gasteiger partial charge in [0.15, 0.2) is 0 Å². The van der Waals surface area contributed by atoms with E-state index in [2.05, 4.69) is 43.4 Å². The Bertz CT molecular complexity index is 423. The van der Waals surface area contributed by atoms with Gasteiger partial charge in [0, 0.05) is 12.5 Å². The van der Waals surface area contributed by atoms with E-state index in [0.717, 1.165) is 5.56 Å². The van der Waals surface area contributed by atoms with Crippen LogP contribution in [0.25, 0.3) is 0 Å². The third kappa shape index (κ3) is 4.97. The van der Waals surface area contributed by atoms with Crippen LogP contribution < -0.4 is 11.1 Å². The van der Waals surface area contributed by atoms with Crippen molar-refractivity contribution in [2.24, 2.45) is 11.7 Å². The van der Waals surface area contributed by atoms with E-state index in [-0.39, 0.29) is 18.0 Å². The van der Waals surface area contributed by atoms with E-state index in [1.807, 2.05) is 20.8 Å². The molecule has 0 aromatic heterocycles. The molecule has 1 aromatic carbocycles. The Morgan fingerprint density at radius 1 is 1.05 bits per heavy atom. The predicted octanol–water partition coefficient (Wildman–Crippen LogP) is 3.36. The van der Waals surface area contributed by atoms with Gasteiger partial charge in [-0.05, 0) is 29.9 Å². The van der Waals surface area contributed by atoms with Crippen LogP contribution in [0.15, 0.2) is 24.3 Å². The normalized spacial score (nSPS) is 14.4. The molecule has 3 N–H and O–H groups in total. The average Bonchev–Trinajstić information content (AvgIpc) is 2.38. The minimum absolute atomic E-state index is 0.0167. The lowest BCUT2D eigenvalue weighted by atomic mass is 9.99. The number of amides is 1. The summed E-state index contributed by atoms with van der Waals surface area (Å²) in [5, 5.41) is 3.01. The van der Waals surface area contributed by atoms with Crippen LogP contribution in [0.2, 0.25) is 0 Å². The fourth-order valence-electron chi connectivity index (χ4n) is 2.00. The molecule has 0 aliphatic heterocycles.